The molecule has 1 atom stereocenters. The number of aromatic nitrogens is 4. The van der Waals surface area contributed by atoms with Crippen LogP contribution < -0.4 is 19.9 Å². The van der Waals surface area contributed by atoms with E-state index < -0.39 is 21.6 Å². The van der Waals surface area contributed by atoms with Crippen molar-refractivity contribution in [1.29, 1.82) is 0 Å². The number of hydrogen-bond acceptors (Lipinski definition) is 8. The molecule has 0 radical (unpaired) electrons. The van der Waals surface area contributed by atoms with Gasteiger partial charge in [0.25, 0.3) is 5.88 Å². The third kappa shape index (κ3) is 4.99. The SMILES string of the molecule is CCOc1nc([C@@H](CS(C)(=O)=O)n2c(=O)[nH]c3cc(-c4ccccc4OC)cnc32)ccc1OC. The molecule has 0 aliphatic carbocycles. The maximum atomic E-state index is 13.1. The summed E-state index contributed by atoms with van der Waals surface area (Å²) in [5, 5.41) is 0. The Balaban J connectivity index is 1.88. The summed E-state index contributed by atoms with van der Waals surface area (Å²) in [4.78, 5) is 24.9. The number of nitrogens with one attached hydrogen (secondary N) is 1. The highest BCUT2D eigenvalue weighted by molar-refractivity contribution is 7.90. The minimum atomic E-state index is -3.51. The Labute approximate surface area is 202 Å². The lowest BCUT2D eigenvalue weighted by Gasteiger charge is -2.19. The molecule has 11 heteroatoms. The number of methoxy groups -OCH3 is 2. The van der Waals surface area contributed by atoms with Crippen LogP contribution in [-0.4, -0.2) is 60.8 Å². The van der Waals surface area contributed by atoms with Crippen molar-refractivity contribution in [3.8, 4) is 28.5 Å². The van der Waals surface area contributed by atoms with Crippen LogP contribution in [0.5, 0.6) is 17.4 Å². The van der Waals surface area contributed by atoms with Crippen molar-refractivity contribution < 1.29 is 22.6 Å². The Morgan fingerprint density at radius 3 is 2.51 bits per heavy atom. The molecular weight excluding hydrogens is 472 g/mol. The van der Waals surface area contributed by atoms with E-state index in [1.165, 1.54) is 11.7 Å². The molecule has 0 fully saturated rings. The van der Waals surface area contributed by atoms with E-state index in [2.05, 4.69) is 15.0 Å². The zero-order chi connectivity index (χ0) is 25.2. The number of ether oxygens (including phenoxy) is 3. The van der Waals surface area contributed by atoms with Gasteiger partial charge in [0.1, 0.15) is 15.6 Å². The number of imidazole rings is 1. The van der Waals surface area contributed by atoms with Crippen molar-refractivity contribution in [2.24, 2.45) is 0 Å². The molecule has 3 aromatic heterocycles. The van der Waals surface area contributed by atoms with Gasteiger partial charge in [0.15, 0.2) is 11.4 Å². The number of nitrogens with zero attached hydrogens (tertiary/aromatic N) is 3. The molecule has 0 saturated heterocycles. The first-order chi connectivity index (χ1) is 16.8. The Morgan fingerprint density at radius 1 is 1.09 bits per heavy atom. The van der Waals surface area contributed by atoms with Gasteiger partial charge < -0.3 is 19.2 Å². The van der Waals surface area contributed by atoms with Gasteiger partial charge >= 0.3 is 5.69 Å². The Morgan fingerprint density at radius 2 is 1.83 bits per heavy atom. The number of fused-ring (bicyclic) bond motifs is 1. The molecule has 0 amide bonds. The lowest BCUT2D eigenvalue weighted by molar-refractivity contribution is 0.296. The molecule has 184 valence electrons. The van der Waals surface area contributed by atoms with E-state index in [4.69, 9.17) is 14.2 Å². The largest absolute Gasteiger partial charge is 0.496 e. The lowest BCUT2D eigenvalue weighted by Crippen LogP contribution is -2.29. The number of hydrogen-bond donors (Lipinski definition) is 1. The number of sulfone groups is 1. The predicted molar refractivity (Wildman–Crippen MR) is 132 cm³/mol. The van der Waals surface area contributed by atoms with Crippen LogP contribution in [0.3, 0.4) is 0 Å². The average Bonchev–Trinajstić information content (AvgIpc) is 3.16. The fraction of sp³-hybridized carbons (Fsp3) is 0.292. The van der Waals surface area contributed by atoms with E-state index in [0.29, 0.717) is 35.0 Å². The molecule has 35 heavy (non-hydrogen) atoms. The third-order valence-corrected chi connectivity index (χ3v) is 6.36. The van der Waals surface area contributed by atoms with Crippen molar-refractivity contribution in [3.63, 3.8) is 0 Å². The molecule has 4 aromatic rings. The molecule has 10 nitrogen and oxygen atoms in total. The van der Waals surface area contributed by atoms with Crippen LogP contribution in [0.1, 0.15) is 18.7 Å². The first-order valence-corrected chi connectivity index (χ1v) is 12.9. The van der Waals surface area contributed by atoms with Gasteiger partial charge in [-0.3, -0.25) is 4.57 Å². The highest BCUT2D eigenvalue weighted by Crippen LogP contribution is 2.32. The molecular formula is C24H26N4O6S. The van der Waals surface area contributed by atoms with Crippen LogP contribution >= 0.6 is 0 Å². The van der Waals surface area contributed by atoms with Gasteiger partial charge in [0.05, 0.1) is 43.8 Å². The summed E-state index contributed by atoms with van der Waals surface area (Å²) < 4.78 is 42.3. The Hall–Kier alpha value is -3.86. The molecule has 0 aliphatic rings. The Bertz CT molecular complexity index is 1530. The highest BCUT2D eigenvalue weighted by atomic mass is 32.2. The monoisotopic (exact) mass is 498 g/mol. The molecule has 0 spiro atoms. The van der Waals surface area contributed by atoms with E-state index >= 15 is 0 Å². The maximum Gasteiger partial charge on any atom is 0.328 e. The fourth-order valence-corrected chi connectivity index (χ4v) is 4.83. The summed E-state index contributed by atoms with van der Waals surface area (Å²) >= 11 is 0. The second-order valence-corrected chi connectivity index (χ2v) is 10.1. The summed E-state index contributed by atoms with van der Waals surface area (Å²) in [7, 11) is -0.447. The van der Waals surface area contributed by atoms with Crippen LogP contribution in [0.4, 0.5) is 0 Å². The molecule has 0 saturated carbocycles. The van der Waals surface area contributed by atoms with Crippen LogP contribution in [-0.2, 0) is 9.84 Å². The zero-order valence-corrected chi connectivity index (χ0v) is 20.6. The summed E-state index contributed by atoms with van der Waals surface area (Å²) in [6.45, 7) is 2.14. The van der Waals surface area contributed by atoms with Crippen LogP contribution in [0.25, 0.3) is 22.3 Å². The zero-order valence-electron chi connectivity index (χ0n) is 19.8. The van der Waals surface area contributed by atoms with E-state index in [1.807, 2.05) is 24.3 Å². The number of benzene rings is 1. The maximum absolute atomic E-state index is 13.1. The van der Waals surface area contributed by atoms with E-state index in [1.54, 1.807) is 38.4 Å². The van der Waals surface area contributed by atoms with Gasteiger partial charge in [-0.25, -0.2) is 23.2 Å². The molecule has 1 aromatic carbocycles. The normalized spacial score (nSPS) is 12.5. The van der Waals surface area contributed by atoms with Crippen molar-refractivity contribution in [3.05, 3.63) is 64.8 Å². The van der Waals surface area contributed by atoms with Crippen molar-refractivity contribution in [1.82, 2.24) is 19.5 Å². The minimum Gasteiger partial charge on any atom is -0.496 e. The summed E-state index contributed by atoms with van der Waals surface area (Å²) in [6, 6.07) is 11.6. The molecule has 0 aliphatic heterocycles. The number of para-hydroxylation sites is 1. The topological polar surface area (TPSA) is 125 Å². The van der Waals surface area contributed by atoms with Crippen LogP contribution in [0.2, 0.25) is 0 Å². The molecule has 0 unspecified atom stereocenters. The van der Waals surface area contributed by atoms with Gasteiger partial charge in [0, 0.05) is 23.6 Å². The number of pyridine rings is 2. The second-order valence-electron chi connectivity index (χ2n) is 7.88. The second kappa shape index (κ2) is 9.79. The first-order valence-electron chi connectivity index (χ1n) is 10.8. The van der Waals surface area contributed by atoms with Crippen molar-refractivity contribution >= 4 is 21.0 Å². The van der Waals surface area contributed by atoms with Crippen LogP contribution in [0.15, 0.2) is 53.5 Å². The number of aromatic amines is 1. The van der Waals surface area contributed by atoms with Crippen molar-refractivity contribution in [2.45, 2.75) is 13.0 Å². The van der Waals surface area contributed by atoms with Gasteiger partial charge in [-0.2, -0.15) is 0 Å². The molecule has 4 rings (SSSR count). The van der Waals surface area contributed by atoms with Crippen LogP contribution in [0, 0.1) is 0 Å². The Kier molecular flexibility index (Phi) is 6.79. The minimum absolute atomic E-state index is 0.213. The first kappa shape index (κ1) is 24.3. The molecule has 3 heterocycles. The van der Waals surface area contributed by atoms with Gasteiger partial charge in [-0.1, -0.05) is 18.2 Å². The number of rotatable bonds is 9. The van der Waals surface area contributed by atoms with Gasteiger partial charge in [-0.15, -0.1) is 0 Å². The summed E-state index contributed by atoms with van der Waals surface area (Å²) in [6.07, 6.45) is 2.73. The standard InChI is InChI=1S/C24H26N4O6S/c1-5-34-23-21(33-3)11-10-17(26-23)19(14-35(4,30)31)28-22-18(27-24(28)29)12-15(13-25-22)16-8-6-7-9-20(16)32-2/h6-13,19H,5,14H2,1-4H3,(H,27,29)/t19-/m1/s1. The quantitative estimate of drug-likeness (QED) is 0.373. The smallest absolute Gasteiger partial charge is 0.328 e. The summed E-state index contributed by atoms with van der Waals surface area (Å²) in [5.41, 5.74) is 2.13. The predicted octanol–water partition coefficient (Wildman–Crippen LogP) is 2.84. The van der Waals surface area contributed by atoms with Crippen molar-refractivity contribution in [2.75, 3.05) is 32.8 Å². The molecule has 0 bridgehead atoms. The average molecular weight is 499 g/mol. The van der Waals surface area contributed by atoms with Gasteiger partial charge in [0.2, 0.25) is 0 Å². The van der Waals surface area contributed by atoms with E-state index in [-0.39, 0.29) is 11.6 Å². The number of H-pyrrole nitrogens is 1. The lowest BCUT2D eigenvalue weighted by atomic mass is 10.1. The molecule has 1 N–H and O–H groups in total. The highest BCUT2D eigenvalue weighted by Gasteiger charge is 2.27. The van der Waals surface area contributed by atoms with E-state index in [9.17, 15) is 13.2 Å². The fourth-order valence-electron chi connectivity index (χ4n) is 3.93. The third-order valence-electron chi connectivity index (χ3n) is 5.43. The van der Waals surface area contributed by atoms with Gasteiger partial charge in [-0.05, 0) is 31.2 Å². The summed E-state index contributed by atoms with van der Waals surface area (Å²) in [5.74, 6) is 0.918. The van der Waals surface area contributed by atoms with E-state index in [0.717, 1.165) is 17.4 Å².